The number of piperazine rings is 2. The van der Waals surface area contributed by atoms with Gasteiger partial charge in [-0.15, -0.1) is 0 Å². The van der Waals surface area contributed by atoms with Crippen LogP contribution in [-0.2, 0) is 16.0 Å². The molecule has 10 nitrogen and oxygen atoms in total. The maximum atomic E-state index is 13.1. The minimum atomic E-state index is -0.228. The van der Waals surface area contributed by atoms with E-state index in [0.29, 0.717) is 49.9 Å². The molecule has 2 saturated heterocycles. The third-order valence-electron chi connectivity index (χ3n) is 7.68. The summed E-state index contributed by atoms with van der Waals surface area (Å²) in [6.07, 6.45) is 3.31. The number of carbonyl (C=O) groups is 3. The highest BCUT2D eigenvalue weighted by molar-refractivity contribution is 6.32. The lowest BCUT2D eigenvalue weighted by molar-refractivity contribution is -0.128. The summed E-state index contributed by atoms with van der Waals surface area (Å²) >= 11 is 12.4. The third kappa shape index (κ3) is 10.3. The predicted molar refractivity (Wildman–Crippen MR) is 180 cm³/mol. The van der Waals surface area contributed by atoms with Gasteiger partial charge in [-0.1, -0.05) is 41.9 Å². The summed E-state index contributed by atoms with van der Waals surface area (Å²) in [5, 5.41) is 6.31. The fourth-order valence-corrected chi connectivity index (χ4v) is 5.38. The first-order valence-corrected chi connectivity index (χ1v) is 15.6. The maximum Gasteiger partial charge on any atom is 0.317 e. The van der Waals surface area contributed by atoms with Gasteiger partial charge < -0.3 is 35.0 Å². The van der Waals surface area contributed by atoms with Gasteiger partial charge in [0.2, 0.25) is 5.91 Å². The topological polar surface area (TPSA) is 97.5 Å². The smallest absolute Gasteiger partial charge is 0.317 e. The van der Waals surface area contributed by atoms with Gasteiger partial charge in [0.15, 0.2) is 0 Å². The molecule has 2 aliphatic heterocycles. The number of amides is 4. The molecule has 2 aromatic rings. The quantitative estimate of drug-likeness (QED) is 0.293. The first-order chi connectivity index (χ1) is 21.6. The molecular weight excluding hydrogens is 615 g/mol. The molecule has 2 aromatic carbocycles. The Hall–Kier alpha value is -3.99. The minimum absolute atomic E-state index is 0.0777. The van der Waals surface area contributed by atoms with Crippen molar-refractivity contribution in [2.45, 2.75) is 6.42 Å². The van der Waals surface area contributed by atoms with Gasteiger partial charge in [0.1, 0.15) is 5.75 Å². The number of likely N-dealkylation sites (N-methyl/N-ethyl adjacent to an activating group) is 1. The Bertz CT molecular complexity index is 1410. The summed E-state index contributed by atoms with van der Waals surface area (Å²) in [4.78, 5) is 46.3. The molecule has 2 fully saturated rings. The molecule has 0 unspecified atom stereocenters. The van der Waals surface area contributed by atoms with Crippen molar-refractivity contribution in [2.24, 2.45) is 0 Å². The normalized spacial score (nSPS) is 16.3. The maximum absolute atomic E-state index is 13.1. The molecule has 0 aliphatic carbocycles. The van der Waals surface area contributed by atoms with E-state index in [1.165, 1.54) is 6.08 Å². The number of hydrogen-bond acceptors (Lipinski definition) is 6. The third-order valence-corrected chi connectivity index (χ3v) is 8.03. The van der Waals surface area contributed by atoms with Gasteiger partial charge in [-0.3, -0.25) is 9.59 Å². The Morgan fingerprint density at radius 2 is 1.49 bits per heavy atom. The van der Waals surface area contributed by atoms with Crippen LogP contribution in [0.1, 0.15) is 5.56 Å². The molecule has 2 aliphatic rings. The van der Waals surface area contributed by atoms with Crippen LogP contribution in [0.5, 0.6) is 5.75 Å². The number of urea groups is 1. The molecular formula is C33H40Cl2N6O4. The molecule has 4 amide bonds. The van der Waals surface area contributed by atoms with Crippen molar-refractivity contribution in [3.05, 3.63) is 88.5 Å². The first-order valence-electron chi connectivity index (χ1n) is 14.8. The lowest BCUT2D eigenvalue weighted by atomic mass is 10.1. The molecule has 45 heavy (non-hydrogen) atoms. The van der Waals surface area contributed by atoms with Gasteiger partial charge in [-0.25, -0.2) is 4.79 Å². The van der Waals surface area contributed by atoms with Crippen LogP contribution in [0.15, 0.2) is 82.9 Å². The van der Waals surface area contributed by atoms with E-state index in [4.69, 9.17) is 27.9 Å². The fourth-order valence-electron chi connectivity index (χ4n) is 5.07. The number of nitrogens with one attached hydrogen (secondary N) is 2. The summed E-state index contributed by atoms with van der Waals surface area (Å²) < 4.78 is 5.16. The van der Waals surface area contributed by atoms with Crippen LogP contribution in [-0.4, -0.2) is 106 Å². The SMILES string of the molecule is C=C(Cl)/C=C(\C=C(\Cl)CNC(=O)N1CCN(c2ccc(NC(=O)Cc3ccc(OC)cc3)cc2)CC1)C(=O)N1CCN(C)CC1. The minimum Gasteiger partial charge on any atom is -0.497 e. The Morgan fingerprint density at radius 3 is 2.09 bits per heavy atom. The van der Waals surface area contributed by atoms with Gasteiger partial charge in [-0.05, 0) is 61.2 Å². The molecule has 12 heteroatoms. The summed E-state index contributed by atoms with van der Waals surface area (Å²) in [7, 11) is 3.63. The molecule has 0 bridgehead atoms. The highest BCUT2D eigenvalue weighted by Gasteiger charge is 2.23. The van der Waals surface area contributed by atoms with Crippen LogP contribution in [0.2, 0.25) is 0 Å². The van der Waals surface area contributed by atoms with Crippen molar-refractivity contribution < 1.29 is 19.1 Å². The number of halogens is 2. The number of anilines is 2. The predicted octanol–water partition coefficient (Wildman–Crippen LogP) is 4.28. The number of hydrogen-bond donors (Lipinski definition) is 2. The average molecular weight is 656 g/mol. The van der Waals surface area contributed by atoms with Crippen LogP contribution < -0.4 is 20.3 Å². The average Bonchev–Trinajstić information content (AvgIpc) is 3.04. The largest absolute Gasteiger partial charge is 0.497 e. The van der Waals surface area contributed by atoms with Gasteiger partial charge >= 0.3 is 6.03 Å². The highest BCUT2D eigenvalue weighted by Crippen LogP contribution is 2.21. The monoisotopic (exact) mass is 654 g/mol. The van der Waals surface area contributed by atoms with E-state index >= 15 is 0 Å². The fraction of sp³-hybridized carbons (Fsp3) is 0.364. The molecule has 240 valence electrons. The van der Waals surface area contributed by atoms with Crippen molar-refractivity contribution >= 4 is 52.4 Å². The number of benzene rings is 2. The number of methoxy groups -OCH3 is 1. The Balaban J connectivity index is 1.22. The van der Waals surface area contributed by atoms with Crippen LogP contribution in [0.3, 0.4) is 0 Å². The van der Waals surface area contributed by atoms with Crippen molar-refractivity contribution in [2.75, 3.05) is 83.3 Å². The second-order valence-corrected chi connectivity index (χ2v) is 12.0. The van der Waals surface area contributed by atoms with Crippen molar-refractivity contribution in [3.63, 3.8) is 0 Å². The van der Waals surface area contributed by atoms with E-state index in [1.807, 2.05) is 55.6 Å². The van der Waals surface area contributed by atoms with Gasteiger partial charge in [0.05, 0.1) is 20.1 Å². The summed E-state index contributed by atoms with van der Waals surface area (Å²) in [5.74, 6) is 0.483. The van der Waals surface area contributed by atoms with Crippen LogP contribution in [0.25, 0.3) is 0 Å². The van der Waals surface area contributed by atoms with Crippen LogP contribution in [0.4, 0.5) is 16.2 Å². The Kier molecular flexibility index (Phi) is 12.3. The first kappa shape index (κ1) is 33.9. The van der Waals surface area contributed by atoms with Crippen molar-refractivity contribution in [1.82, 2.24) is 20.0 Å². The molecule has 0 saturated carbocycles. The molecule has 0 aromatic heterocycles. The molecule has 0 atom stereocenters. The molecule has 2 heterocycles. The van der Waals surface area contributed by atoms with E-state index in [1.54, 1.807) is 23.0 Å². The number of nitrogens with zero attached hydrogens (tertiary/aromatic N) is 4. The lowest BCUT2D eigenvalue weighted by Gasteiger charge is -2.36. The molecule has 0 radical (unpaired) electrons. The molecule has 2 N–H and O–H groups in total. The summed E-state index contributed by atoms with van der Waals surface area (Å²) in [6, 6.07) is 14.9. The summed E-state index contributed by atoms with van der Waals surface area (Å²) in [6.45, 7) is 8.94. The lowest BCUT2D eigenvalue weighted by Crippen LogP contribution is -2.52. The van der Waals surface area contributed by atoms with Crippen molar-refractivity contribution in [3.8, 4) is 5.75 Å². The van der Waals surface area contributed by atoms with E-state index in [-0.39, 0.29) is 35.8 Å². The second kappa shape index (κ2) is 16.4. The second-order valence-electron chi connectivity index (χ2n) is 11.0. The van der Waals surface area contributed by atoms with Gasteiger partial charge in [0.25, 0.3) is 5.91 Å². The Labute approximate surface area is 274 Å². The number of ether oxygens (including phenoxy) is 1. The van der Waals surface area contributed by atoms with E-state index in [2.05, 4.69) is 27.0 Å². The number of carbonyl (C=O) groups excluding carboxylic acids is 3. The standard InChI is InChI=1S/C33H40Cl2N6O4/c1-24(34)20-26(32(43)40-14-12-38(2)13-15-40)22-27(35)23-36-33(44)41-18-16-39(17-19-41)29-8-6-28(7-9-29)37-31(42)21-25-4-10-30(45-3)11-5-25/h4-11,20,22H,1,12-19,21,23H2,2-3H3,(H,36,44)(H,37,42)/b26-20+,27-22+. The number of rotatable bonds is 10. The number of allylic oxidation sites excluding steroid dienone is 2. The zero-order valence-corrected chi connectivity index (χ0v) is 27.2. The van der Waals surface area contributed by atoms with Crippen LogP contribution >= 0.6 is 23.2 Å². The molecule has 4 rings (SSSR count). The highest BCUT2D eigenvalue weighted by atomic mass is 35.5. The van der Waals surface area contributed by atoms with E-state index in [0.717, 1.165) is 35.8 Å². The zero-order chi connectivity index (χ0) is 32.3. The van der Waals surface area contributed by atoms with Crippen molar-refractivity contribution in [1.29, 1.82) is 0 Å². The van der Waals surface area contributed by atoms with Crippen LogP contribution in [0, 0.1) is 0 Å². The zero-order valence-electron chi connectivity index (χ0n) is 25.7. The Morgan fingerprint density at radius 1 is 0.867 bits per heavy atom. The van der Waals surface area contributed by atoms with Gasteiger partial charge in [0, 0.05) is 79.4 Å². The molecule has 0 spiro atoms. The van der Waals surface area contributed by atoms with E-state index < -0.39 is 0 Å². The summed E-state index contributed by atoms with van der Waals surface area (Å²) in [5.41, 5.74) is 2.97. The van der Waals surface area contributed by atoms with E-state index in [9.17, 15) is 14.4 Å². The van der Waals surface area contributed by atoms with Gasteiger partial charge in [-0.2, -0.15) is 0 Å².